The summed E-state index contributed by atoms with van der Waals surface area (Å²) in [5.41, 5.74) is -0.830. The second kappa shape index (κ2) is 15.8. The molecule has 0 bridgehead atoms. The van der Waals surface area contributed by atoms with Gasteiger partial charge in [0.1, 0.15) is 0 Å². The van der Waals surface area contributed by atoms with Crippen molar-refractivity contribution >= 4 is 29.6 Å². The summed E-state index contributed by atoms with van der Waals surface area (Å²) in [5.74, 6) is 1.99. The molecule has 236 valence electrons. The Bertz CT molecular complexity index is 861. The monoisotopic (exact) mass is 595 g/mol. The van der Waals surface area contributed by atoms with Gasteiger partial charge in [-0.2, -0.15) is 11.8 Å². The largest absolute Gasteiger partial charge is 0.375 e. The van der Waals surface area contributed by atoms with Gasteiger partial charge < -0.3 is 25.6 Å². The van der Waals surface area contributed by atoms with Crippen molar-refractivity contribution in [3.8, 4) is 0 Å². The van der Waals surface area contributed by atoms with E-state index in [1.165, 1.54) is 12.8 Å². The Morgan fingerprint density at radius 1 is 1.10 bits per heavy atom. The van der Waals surface area contributed by atoms with E-state index in [1.54, 1.807) is 0 Å². The number of piperazine rings is 1. The standard InChI is InChI=1S/C31H57N5O4S/c1-7-10-23(2)21-35-16-18-36(19-17-35)28(38)30(3,4)14-20-40-31(5,6)13-15-32-26(37)12-9-8-11-25-27-24(22-41-25)33-29(39)34-27/h23-25,27H,7-22H2,1-6H3,(H,32,37)(H2,33,34,39)/t23?,24?,25-,27?/m0/s1. The Morgan fingerprint density at radius 2 is 1.83 bits per heavy atom. The first kappa shape index (κ1) is 34.0. The molecule has 9 nitrogen and oxygen atoms in total. The van der Waals surface area contributed by atoms with Gasteiger partial charge in [0.2, 0.25) is 11.8 Å². The molecule has 3 aliphatic rings. The van der Waals surface area contributed by atoms with E-state index in [2.05, 4.69) is 48.5 Å². The van der Waals surface area contributed by atoms with E-state index < -0.39 is 5.41 Å². The third-order valence-corrected chi connectivity index (χ3v) is 10.4. The van der Waals surface area contributed by atoms with Crippen LogP contribution in [0.5, 0.6) is 0 Å². The number of nitrogens with one attached hydrogen (secondary N) is 3. The molecule has 0 aliphatic carbocycles. The third-order valence-electron chi connectivity index (χ3n) is 8.94. The Morgan fingerprint density at radius 3 is 2.54 bits per heavy atom. The van der Waals surface area contributed by atoms with Crippen LogP contribution in [0.4, 0.5) is 4.79 Å². The van der Waals surface area contributed by atoms with Crippen molar-refractivity contribution in [3.63, 3.8) is 0 Å². The number of amides is 4. The Kier molecular flexibility index (Phi) is 13.1. The molecule has 0 aromatic carbocycles. The predicted octanol–water partition coefficient (Wildman–Crippen LogP) is 4.01. The van der Waals surface area contributed by atoms with Crippen LogP contribution in [0.15, 0.2) is 0 Å². The van der Waals surface area contributed by atoms with Crippen molar-refractivity contribution in [1.82, 2.24) is 25.8 Å². The summed E-state index contributed by atoms with van der Waals surface area (Å²) in [7, 11) is 0. The van der Waals surface area contributed by atoms with Crippen LogP contribution in [0.2, 0.25) is 0 Å². The lowest BCUT2D eigenvalue weighted by Crippen LogP contribution is -2.53. The lowest BCUT2D eigenvalue weighted by molar-refractivity contribution is -0.144. The molecule has 4 atom stereocenters. The highest BCUT2D eigenvalue weighted by Crippen LogP contribution is 2.33. The first-order valence-corrected chi connectivity index (χ1v) is 17.1. The summed E-state index contributed by atoms with van der Waals surface area (Å²) < 4.78 is 6.20. The topological polar surface area (TPSA) is 103 Å². The van der Waals surface area contributed by atoms with Crippen molar-refractivity contribution in [3.05, 3.63) is 0 Å². The predicted molar refractivity (Wildman–Crippen MR) is 167 cm³/mol. The molecule has 4 amide bonds. The second-order valence-electron chi connectivity index (χ2n) is 13.7. The number of carbonyl (C=O) groups excluding carboxylic acids is 3. The number of hydrogen-bond acceptors (Lipinski definition) is 6. The van der Waals surface area contributed by atoms with Gasteiger partial charge in [-0.1, -0.05) is 40.5 Å². The Balaban J connectivity index is 1.24. The van der Waals surface area contributed by atoms with Gasteiger partial charge in [0.05, 0.1) is 17.7 Å². The van der Waals surface area contributed by atoms with Crippen molar-refractivity contribution in [2.45, 2.75) is 116 Å². The van der Waals surface area contributed by atoms with Gasteiger partial charge in [0.15, 0.2) is 0 Å². The molecule has 0 saturated carbocycles. The number of nitrogens with zero attached hydrogens (tertiary/aromatic N) is 2. The lowest BCUT2D eigenvalue weighted by atomic mass is 9.87. The van der Waals surface area contributed by atoms with E-state index in [0.717, 1.165) is 64.2 Å². The molecular weight excluding hydrogens is 538 g/mol. The zero-order valence-corrected chi connectivity index (χ0v) is 27.4. The quantitative estimate of drug-likeness (QED) is 0.174. The normalized spacial score (nSPS) is 24.1. The number of thioether (sulfide) groups is 1. The Labute approximate surface area is 253 Å². The number of rotatable bonds is 17. The highest BCUT2D eigenvalue weighted by molar-refractivity contribution is 8.00. The van der Waals surface area contributed by atoms with Gasteiger partial charge in [-0.15, -0.1) is 0 Å². The van der Waals surface area contributed by atoms with Crippen LogP contribution in [-0.4, -0.2) is 102 Å². The summed E-state index contributed by atoms with van der Waals surface area (Å²) in [6, 6.07) is 0.431. The van der Waals surface area contributed by atoms with Gasteiger partial charge in [0.25, 0.3) is 0 Å². The van der Waals surface area contributed by atoms with E-state index in [1.807, 2.05) is 30.5 Å². The molecule has 3 fully saturated rings. The van der Waals surface area contributed by atoms with Crippen LogP contribution in [0.25, 0.3) is 0 Å². The highest BCUT2D eigenvalue weighted by Gasteiger charge is 2.42. The van der Waals surface area contributed by atoms with Crippen LogP contribution in [0, 0.1) is 11.3 Å². The number of urea groups is 1. The van der Waals surface area contributed by atoms with E-state index in [4.69, 9.17) is 4.74 Å². The summed E-state index contributed by atoms with van der Waals surface area (Å²) >= 11 is 1.92. The minimum atomic E-state index is -0.459. The maximum absolute atomic E-state index is 13.3. The number of unbranched alkanes of at least 4 members (excludes halogenated alkanes) is 1. The minimum absolute atomic E-state index is 0.0504. The maximum atomic E-state index is 13.3. The van der Waals surface area contributed by atoms with Crippen LogP contribution >= 0.6 is 11.8 Å². The number of carbonyl (C=O) groups is 3. The minimum Gasteiger partial charge on any atom is -0.375 e. The summed E-state index contributed by atoms with van der Waals surface area (Å²) in [4.78, 5) is 41.7. The molecule has 3 saturated heterocycles. The van der Waals surface area contributed by atoms with Crippen molar-refractivity contribution < 1.29 is 19.1 Å². The summed E-state index contributed by atoms with van der Waals surface area (Å²) in [6.45, 7) is 18.5. The molecule has 0 spiro atoms. The van der Waals surface area contributed by atoms with Crippen LogP contribution < -0.4 is 16.0 Å². The molecule has 41 heavy (non-hydrogen) atoms. The zero-order valence-electron chi connectivity index (χ0n) is 26.6. The van der Waals surface area contributed by atoms with E-state index in [0.29, 0.717) is 37.2 Å². The highest BCUT2D eigenvalue weighted by atomic mass is 32.2. The fraction of sp³-hybridized carbons (Fsp3) is 0.903. The average molecular weight is 596 g/mol. The lowest BCUT2D eigenvalue weighted by Gasteiger charge is -2.39. The molecule has 3 rings (SSSR count). The zero-order chi connectivity index (χ0) is 30.0. The maximum Gasteiger partial charge on any atom is 0.315 e. The molecule has 3 N–H and O–H groups in total. The van der Waals surface area contributed by atoms with Gasteiger partial charge in [-0.05, 0) is 51.9 Å². The van der Waals surface area contributed by atoms with Gasteiger partial charge >= 0.3 is 6.03 Å². The van der Waals surface area contributed by atoms with Gasteiger partial charge in [0, 0.05) is 68.7 Å². The SMILES string of the molecule is CCCC(C)CN1CCN(C(=O)C(C)(C)CCOC(C)(C)CCNC(=O)CCCC[C@@H]2SCC3NC(=O)NC32)CC1. The number of hydrogen-bond donors (Lipinski definition) is 3. The van der Waals surface area contributed by atoms with E-state index >= 15 is 0 Å². The van der Waals surface area contributed by atoms with Crippen LogP contribution in [0.3, 0.4) is 0 Å². The molecule has 3 aliphatic heterocycles. The molecule has 0 radical (unpaired) electrons. The van der Waals surface area contributed by atoms with Crippen molar-refractivity contribution in [2.75, 3.05) is 51.6 Å². The van der Waals surface area contributed by atoms with E-state index in [-0.39, 0.29) is 35.5 Å². The second-order valence-corrected chi connectivity index (χ2v) is 15.0. The van der Waals surface area contributed by atoms with Crippen molar-refractivity contribution in [1.29, 1.82) is 0 Å². The molecule has 3 unspecified atom stereocenters. The molecular formula is C31H57N5O4S. The third kappa shape index (κ3) is 10.9. The average Bonchev–Trinajstić information content (AvgIpc) is 3.45. The Hall–Kier alpha value is -1.52. The fourth-order valence-electron chi connectivity index (χ4n) is 6.21. The first-order chi connectivity index (χ1) is 19.4. The number of fused-ring (bicyclic) bond motifs is 1. The number of ether oxygens (including phenoxy) is 1. The smallest absolute Gasteiger partial charge is 0.315 e. The van der Waals surface area contributed by atoms with Crippen LogP contribution in [-0.2, 0) is 14.3 Å². The summed E-state index contributed by atoms with van der Waals surface area (Å²) in [5, 5.41) is 9.48. The molecule has 0 aromatic heterocycles. The van der Waals surface area contributed by atoms with Crippen molar-refractivity contribution in [2.24, 2.45) is 11.3 Å². The van der Waals surface area contributed by atoms with Crippen LogP contribution in [0.1, 0.15) is 92.9 Å². The van der Waals surface area contributed by atoms with Gasteiger partial charge in [-0.3, -0.25) is 14.5 Å². The molecule has 3 heterocycles. The molecule has 10 heteroatoms. The molecule has 0 aromatic rings. The first-order valence-electron chi connectivity index (χ1n) is 16.0. The van der Waals surface area contributed by atoms with Gasteiger partial charge in [-0.25, -0.2) is 4.79 Å². The van der Waals surface area contributed by atoms with E-state index in [9.17, 15) is 14.4 Å². The fourth-order valence-corrected chi connectivity index (χ4v) is 7.76. The summed E-state index contributed by atoms with van der Waals surface area (Å²) in [6.07, 6.45) is 7.28.